The lowest BCUT2D eigenvalue weighted by atomic mass is 10.3. The largest absolute Gasteiger partial charge is 0.385 e. The Kier molecular flexibility index (Phi) is 2.87. The standard InChI is InChI=1S/C5H8FNO2/c1-3(2)4(6)5(8)9-7/h7H2,1-2H3. The number of rotatable bonds is 1. The van der Waals surface area contributed by atoms with Gasteiger partial charge in [0.25, 0.3) is 0 Å². The molecular formula is C5H8FNO2. The van der Waals surface area contributed by atoms with E-state index in [1.807, 2.05) is 0 Å². The molecule has 0 fully saturated rings. The number of carbonyl (C=O) groups is 1. The van der Waals surface area contributed by atoms with Crippen molar-refractivity contribution in [2.24, 2.45) is 5.90 Å². The summed E-state index contributed by atoms with van der Waals surface area (Å²) in [6.07, 6.45) is 0. The van der Waals surface area contributed by atoms with E-state index in [-0.39, 0.29) is 5.57 Å². The fourth-order valence-electron chi connectivity index (χ4n) is 0.256. The van der Waals surface area contributed by atoms with Gasteiger partial charge in [0.2, 0.25) is 5.83 Å². The molecule has 0 heterocycles. The van der Waals surface area contributed by atoms with Crippen molar-refractivity contribution in [1.82, 2.24) is 0 Å². The average Bonchev–Trinajstić information content (AvgIpc) is 1.84. The molecule has 3 nitrogen and oxygen atoms in total. The highest BCUT2D eigenvalue weighted by atomic mass is 19.1. The minimum absolute atomic E-state index is 0.255. The fourth-order valence-corrected chi connectivity index (χ4v) is 0.256. The highest BCUT2D eigenvalue weighted by molar-refractivity contribution is 5.86. The second kappa shape index (κ2) is 3.19. The lowest BCUT2D eigenvalue weighted by molar-refractivity contribution is -0.141. The first-order chi connectivity index (χ1) is 4.09. The zero-order valence-corrected chi connectivity index (χ0v) is 5.27. The van der Waals surface area contributed by atoms with Gasteiger partial charge >= 0.3 is 5.97 Å². The molecule has 4 heteroatoms. The minimum atomic E-state index is -1.13. The summed E-state index contributed by atoms with van der Waals surface area (Å²) in [6, 6.07) is 0. The second-order valence-electron chi connectivity index (χ2n) is 1.72. The molecule has 0 aliphatic heterocycles. The predicted octanol–water partition coefficient (Wildman–Crippen LogP) is 0.667. The van der Waals surface area contributed by atoms with Crippen LogP contribution in [0.4, 0.5) is 4.39 Å². The number of hydrogen-bond donors (Lipinski definition) is 1. The SMILES string of the molecule is CC(C)=C(F)C(=O)ON. The van der Waals surface area contributed by atoms with Crippen LogP contribution in [0.3, 0.4) is 0 Å². The smallest absolute Gasteiger partial charge is 0.368 e. The Morgan fingerprint density at radius 3 is 2.11 bits per heavy atom. The van der Waals surface area contributed by atoms with Crippen molar-refractivity contribution in [3.05, 3.63) is 11.4 Å². The number of hydrogen-bond acceptors (Lipinski definition) is 3. The van der Waals surface area contributed by atoms with Gasteiger partial charge in [-0.3, -0.25) is 0 Å². The maximum atomic E-state index is 12.2. The molecule has 0 unspecified atom stereocenters. The van der Waals surface area contributed by atoms with Gasteiger partial charge < -0.3 is 4.84 Å². The molecule has 0 aliphatic carbocycles. The van der Waals surface area contributed by atoms with E-state index in [9.17, 15) is 9.18 Å². The summed E-state index contributed by atoms with van der Waals surface area (Å²) in [5, 5.41) is 0. The van der Waals surface area contributed by atoms with Gasteiger partial charge in [0, 0.05) is 0 Å². The Bertz CT molecular complexity index is 149. The van der Waals surface area contributed by atoms with E-state index in [2.05, 4.69) is 10.7 Å². The van der Waals surface area contributed by atoms with Crippen molar-refractivity contribution >= 4 is 5.97 Å². The van der Waals surface area contributed by atoms with Gasteiger partial charge in [0.1, 0.15) is 0 Å². The van der Waals surface area contributed by atoms with Crippen molar-refractivity contribution in [1.29, 1.82) is 0 Å². The first-order valence-electron chi connectivity index (χ1n) is 2.33. The third-order valence-electron chi connectivity index (χ3n) is 0.725. The molecule has 0 radical (unpaired) electrons. The first-order valence-corrected chi connectivity index (χ1v) is 2.33. The molecule has 9 heavy (non-hydrogen) atoms. The lowest BCUT2D eigenvalue weighted by Crippen LogP contribution is -2.10. The normalized spacial score (nSPS) is 8.44. The van der Waals surface area contributed by atoms with Crippen LogP contribution in [-0.4, -0.2) is 5.97 Å². The quantitative estimate of drug-likeness (QED) is 0.422. The van der Waals surface area contributed by atoms with Gasteiger partial charge in [-0.05, 0) is 19.4 Å². The number of nitrogens with two attached hydrogens (primary N) is 1. The van der Waals surface area contributed by atoms with E-state index in [0.29, 0.717) is 0 Å². The molecule has 2 N–H and O–H groups in total. The molecular weight excluding hydrogens is 125 g/mol. The monoisotopic (exact) mass is 133 g/mol. The molecule has 0 aromatic carbocycles. The molecule has 0 aliphatic rings. The average molecular weight is 133 g/mol. The fraction of sp³-hybridized carbons (Fsp3) is 0.400. The van der Waals surface area contributed by atoms with Gasteiger partial charge in [-0.2, -0.15) is 10.3 Å². The minimum Gasteiger partial charge on any atom is -0.368 e. The van der Waals surface area contributed by atoms with Gasteiger partial charge in [-0.15, -0.1) is 0 Å². The van der Waals surface area contributed by atoms with Crippen LogP contribution < -0.4 is 5.90 Å². The molecule has 0 amide bonds. The summed E-state index contributed by atoms with van der Waals surface area (Å²) in [5.41, 5.74) is 0.255. The van der Waals surface area contributed by atoms with Crippen LogP contribution >= 0.6 is 0 Å². The van der Waals surface area contributed by atoms with E-state index in [0.717, 1.165) is 0 Å². The number of allylic oxidation sites excluding steroid dienone is 1. The predicted molar refractivity (Wildman–Crippen MR) is 29.8 cm³/mol. The number of carbonyl (C=O) groups excluding carboxylic acids is 1. The van der Waals surface area contributed by atoms with E-state index >= 15 is 0 Å². The Balaban J connectivity index is 4.21. The first kappa shape index (κ1) is 8.10. The van der Waals surface area contributed by atoms with Gasteiger partial charge in [0.05, 0.1) is 0 Å². The molecule has 0 aromatic rings. The van der Waals surface area contributed by atoms with E-state index in [1.54, 1.807) is 0 Å². The van der Waals surface area contributed by atoms with Crippen LogP contribution in [0.25, 0.3) is 0 Å². The summed E-state index contributed by atoms with van der Waals surface area (Å²) in [6.45, 7) is 2.90. The molecule has 0 bridgehead atoms. The van der Waals surface area contributed by atoms with Crippen molar-refractivity contribution < 1.29 is 14.0 Å². The maximum absolute atomic E-state index is 12.2. The van der Waals surface area contributed by atoms with Gasteiger partial charge in [-0.1, -0.05) is 0 Å². The Morgan fingerprint density at radius 1 is 1.56 bits per heavy atom. The lowest BCUT2D eigenvalue weighted by Gasteiger charge is -1.93. The second-order valence-corrected chi connectivity index (χ2v) is 1.72. The van der Waals surface area contributed by atoms with E-state index < -0.39 is 11.8 Å². The third kappa shape index (κ3) is 2.23. The highest BCUT2D eigenvalue weighted by Crippen LogP contribution is 2.04. The molecule has 0 rings (SSSR count). The summed E-state index contributed by atoms with van der Waals surface area (Å²) in [4.78, 5) is 13.8. The summed E-state index contributed by atoms with van der Waals surface area (Å²) in [7, 11) is 0. The van der Waals surface area contributed by atoms with Crippen LogP contribution in [0.5, 0.6) is 0 Å². The van der Waals surface area contributed by atoms with Crippen LogP contribution in [0, 0.1) is 0 Å². The van der Waals surface area contributed by atoms with Crippen LogP contribution in [0.1, 0.15) is 13.8 Å². The van der Waals surface area contributed by atoms with Gasteiger partial charge in [0.15, 0.2) is 0 Å². The molecule has 0 atom stereocenters. The van der Waals surface area contributed by atoms with E-state index in [4.69, 9.17) is 0 Å². The van der Waals surface area contributed by atoms with Crippen molar-refractivity contribution in [3.8, 4) is 0 Å². The summed E-state index contributed by atoms with van der Waals surface area (Å²) >= 11 is 0. The topological polar surface area (TPSA) is 52.3 Å². The number of halogens is 1. The summed E-state index contributed by atoms with van der Waals surface area (Å²) in [5.74, 6) is 2.32. The molecule has 0 saturated heterocycles. The molecule has 0 aromatic heterocycles. The van der Waals surface area contributed by atoms with Gasteiger partial charge in [-0.25, -0.2) is 4.79 Å². The van der Waals surface area contributed by atoms with Crippen molar-refractivity contribution in [2.75, 3.05) is 0 Å². The molecule has 0 saturated carbocycles. The maximum Gasteiger partial charge on any atom is 0.385 e. The third-order valence-corrected chi connectivity index (χ3v) is 0.725. The van der Waals surface area contributed by atoms with Crippen LogP contribution in [0.15, 0.2) is 11.4 Å². The Hall–Kier alpha value is -0.900. The Morgan fingerprint density at radius 2 is 2.00 bits per heavy atom. The van der Waals surface area contributed by atoms with Crippen molar-refractivity contribution in [3.63, 3.8) is 0 Å². The zero-order valence-electron chi connectivity index (χ0n) is 5.27. The summed E-state index contributed by atoms with van der Waals surface area (Å²) < 4.78 is 12.2. The Labute approximate surface area is 52.2 Å². The molecule has 0 spiro atoms. The highest BCUT2D eigenvalue weighted by Gasteiger charge is 2.09. The van der Waals surface area contributed by atoms with Crippen LogP contribution in [0.2, 0.25) is 0 Å². The molecule has 52 valence electrons. The zero-order chi connectivity index (χ0) is 7.44. The van der Waals surface area contributed by atoms with Crippen LogP contribution in [-0.2, 0) is 9.63 Å². The van der Waals surface area contributed by atoms with Crippen molar-refractivity contribution in [2.45, 2.75) is 13.8 Å². The van der Waals surface area contributed by atoms with E-state index in [1.165, 1.54) is 13.8 Å².